The Morgan fingerprint density at radius 3 is 2.51 bits per heavy atom. The topological polar surface area (TPSA) is 86.4 Å². The molecule has 0 N–H and O–H groups in total. The lowest BCUT2D eigenvalue weighted by Gasteiger charge is -2.38. The molecular formula is C23H19ClF3N3O4S. The molecule has 1 aromatic carbocycles. The normalized spacial score (nSPS) is 20.2. The Morgan fingerprint density at radius 1 is 1.14 bits per heavy atom. The highest BCUT2D eigenvalue weighted by Gasteiger charge is 2.50. The van der Waals surface area contributed by atoms with Crippen LogP contribution in [0.4, 0.5) is 13.2 Å². The van der Waals surface area contributed by atoms with E-state index in [9.17, 15) is 26.8 Å². The fourth-order valence-electron chi connectivity index (χ4n) is 4.69. The van der Waals surface area contributed by atoms with Crippen LogP contribution < -0.4 is 4.73 Å². The molecule has 0 bridgehead atoms. The summed E-state index contributed by atoms with van der Waals surface area (Å²) in [5, 5.41) is 12.4. The summed E-state index contributed by atoms with van der Waals surface area (Å²) in [7, 11) is -4.10. The van der Waals surface area contributed by atoms with Crippen LogP contribution in [0.15, 0.2) is 66.0 Å². The van der Waals surface area contributed by atoms with E-state index in [4.69, 9.17) is 16.3 Å². The summed E-state index contributed by atoms with van der Waals surface area (Å²) in [5.74, 6) is 0. The van der Waals surface area contributed by atoms with Gasteiger partial charge >= 0.3 is 6.18 Å². The summed E-state index contributed by atoms with van der Waals surface area (Å²) in [6.45, 7) is 0.137. The second-order valence-electron chi connectivity index (χ2n) is 8.46. The zero-order chi connectivity index (χ0) is 25.0. The summed E-state index contributed by atoms with van der Waals surface area (Å²) in [4.78, 5) is 3.56. The van der Waals surface area contributed by atoms with Crippen molar-refractivity contribution in [3.63, 3.8) is 0 Å². The molecule has 2 aromatic heterocycles. The van der Waals surface area contributed by atoms with E-state index in [0.29, 0.717) is 40.6 Å². The molecule has 1 fully saturated rings. The van der Waals surface area contributed by atoms with Crippen LogP contribution in [0.2, 0.25) is 5.02 Å². The van der Waals surface area contributed by atoms with Gasteiger partial charge in [0.15, 0.2) is 17.3 Å². The molecule has 2 aliphatic heterocycles. The fraction of sp³-hybridized carbons (Fsp3) is 0.304. The van der Waals surface area contributed by atoms with Crippen molar-refractivity contribution < 1.29 is 31.1 Å². The quantitative estimate of drug-likeness (QED) is 0.378. The van der Waals surface area contributed by atoms with Crippen LogP contribution in [-0.2, 0) is 26.5 Å². The van der Waals surface area contributed by atoms with Crippen LogP contribution in [-0.4, -0.2) is 30.8 Å². The lowest BCUT2D eigenvalue weighted by atomic mass is 9.84. The third kappa shape index (κ3) is 4.16. The van der Waals surface area contributed by atoms with Crippen LogP contribution in [0, 0.1) is 5.21 Å². The van der Waals surface area contributed by atoms with E-state index < -0.39 is 38.5 Å². The number of hydrogen-bond donors (Lipinski definition) is 0. The average Bonchev–Trinajstić information content (AvgIpc) is 3.14. The number of fused-ring (bicyclic) bond motifs is 2. The summed E-state index contributed by atoms with van der Waals surface area (Å²) < 4.78 is 72.9. The van der Waals surface area contributed by atoms with Crippen molar-refractivity contribution in [2.45, 2.75) is 35.7 Å². The van der Waals surface area contributed by atoms with Gasteiger partial charge < -0.3 is 9.94 Å². The number of nitrogens with zero attached hydrogens (tertiary/aromatic N) is 3. The van der Waals surface area contributed by atoms with Crippen molar-refractivity contribution in [2.75, 3.05) is 13.1 Å². The third-order valence-electron chi connectivity index (χ3n) is 6.45. The molecule has 1 saturated heterocycles. The SMILES string of the molecule is O=S(=O)(c1ccc(C(F)(F)F)cn1)N1CCC2(CC1)OC(c1cc(Cl)cc[n+]1[O-])c1ccccc12. The standard InChI is InChI=1S/C23H19ClF3N3O4S/c24-16-7-10-30(31)19(13-16)21-17-3-1-2-4-18(17)22(34-21)8-11-29(12-9-22)35(32,33)20-6-5-15(14-28-20)23(25,26)27/h1-7,10,13-14,21H,8-9,11-12H2. The lowest BCUT2D eigenvalue weighted by molar-refractivity contribution is -0.618. The van der Waals surface area contributed by atoms with Crippen molar-refractivity contribution in [2.24, 2.45) is 0 Å². The van der Waals surface area contributed by atoms with Gasteiger partial charge in [0.25, 0.3) is 10.0 Å². The van der Waals surface area contributed by atoms with Crippen molar-refractivity contribution in [3.8, 4) is 0 Å². The van der Waals surface area contributed by atoms with E-state index in [-0.39, 0.29) is 13.1 Å². The highest BCUT2D eigenvalue weighted by molar-refractivity contribution is 7.89. The highest BCUT2D eigenvalue weighted by atomic mass is 35.5. The first kappa shape index (κ1) is 24.0. The summed E-state index contributed by atoms with van der Waals surface area (Å²) in [5.41, 5.74) is 0.157. The van der Waals surface area contributed by atoms with Gasteiger partial charge in [0.2, 0.25) is 5.69 Å². The van der Waals surface area contributed by atoms with Gasteiger partial charge in [-0.1, -0.05) is 35.9 Å². The molecule has 3 aromatic rings. The Bertz CT molecular complexity index is 1380. The van der Waals surface area contributed by atoms with Gasteiger partial charge in [0.1, 0.15) is 0 Å². The number of halogens is 4. The van der Waals surface area contributed by atoms with Gasteiger partial charge in [0.05, 0.1) is 16.2 Å². The monoisotopic (exact) mass is 525 g/mol. The van der Waals surface area contributed by atoms with Crippen LogP contribution in [0.1, 0.15) is 41.3 Å². The Labute approximate surface area is 204 Å². The molecule has 0 amide bonds. The number of piperidine rings is 1. The molecule has 7 nitrogen and oxygen atoms in total. The van der Waals surface area contributed by atoms with Gasteiger partial charge in [-0.15, -0.1) is 0 Å². The molecular weight excluding hydrogens is 507 g/mol. The maximum absolute atomic E-state index is 13.0. The van der Waals surface area contributed by atoms with Gasteiger partial charge in [-0.3, -0.25) is 0 Å². The Balaban J connectivity index is 1.41. The minimum atomic E-state index is -4.61. The van der Waals surface area contributed by atoms with Crippen molar-refractivity contribution in [1.82, 2.24) is 9.29 Å². The van der Waals surface area contributed by atoms with Gasteiger partial charge in [-0.25, -0.2) is 13.4 Å². The second kappa shape index (κ2) is 8.44. The number of ether oxygens (including phenoxy) is 1. The molecule has 0 radical (unpaired) electrons. The number of rotatable bonds is 3. The zero-order valence-electron chi connectivity index (χ0n) is 18.1. The molecule has 35 heavy (non-hydrogen) atoms. The number of hydrogen-bond acceptors (Lipinski definition) is 5. The molecule has 2 aliphatic rings. The number of sulfonamides is 1. The van der Waals surface area contributed by atoms with Crippen LogP contribution in [0.3, 0.4) is 0 Å². The fourth-order valence-corrected chi connectivity index (χ4v) is 6.21. The van der Waals surface area contributed by atoms with Crippen LogP contribution in [0.5, 0.6) is 0 Å². The second-order valence-corrected chi connectivity index (χ2v) is 10.8. The zero-order valence-corrected chi connectivity index (χ0v) is 19.6. The summed E-state index contributed by atoms with van der Waals surface area (Å²) >= 11 is 6.11. The molecule has 1 unspecified atom stereocenters. The predicted octanol–water partition coefficient (Wildman–Crippen LogP) is 4.19. The number of benzene rings is 1. The first-order chi connectivity index (χ1) is 16.5. The molecule has 1 spiro atoms. The maximum atomic E-state index is 13.0. The van der Waals surface area contributed by atoms with Crippen LogP contribution in [0.25, 0.3) is 0 Å². The van der Waals surface area contributed by atoms with Gasteiger partial charge in [-0.2, -0.15) is 22.2 Å². The number of alkyl halides is 3. The van der Waals surface area contributed by atoms with E-state index in [0.717, 1.165) is 17.2 Å². The minimum absolute atomic E-state index is 0.0685. The Hall–Kier alpha value is -2.73. The largest absolute Gasteiger partial charge is 0.618 e. The van der Waals surface area contributed by atoms with E-state index in [1.165, 1.54) is 16.6 Å². The molecule has 4 heterocycles. The predicted molar refractivity (Wildman–Crippen MR) is 119 cm³/mol. The van der Waals surface area contributed by atoms with E-state index in [1.54, 1.807) is 6.07 Å². The smallest absolute Gasteiger partial charge is 0.417 e. The number of pyridine rings is 2. The Kier molecular flexibility index (Phi) is 5.78. The van der Waals surface area contributed by atoms with E-state index >= 15 is 0 Å². The highest BCUT2D eigenvalue weighted by Crippen LogP contribution is 2.51. The Morgan fingerprint density at radius 2 is 1.86 bits per heavy atom. The summed E-state index contributed by atoms with van der Waals surface area (Å²) in [6.07, 6.45) is -2.88. The first-order valence-corrected chi connectivity index (χ1v) is 12.5. The van der Waals surface area contributed by atoms with E-state index in [2.05, 4.69) is 4.98 Å². The van der Waals surface area contributed by atoms with Crippen molar-refractivity contribution >= 4 is 21.6 Å². The lowest BCUT2D eigenvalue weighted by Crippen LogP contribution is -2.45. The molecule has 184 valence electrons. The third-order valence-corrected chi connectivity index (χ3v) is 8.50. The van der Waals surface area contributed by atoms with E-state index in [1.807, 2.05) is 24.3 Å². The first-order valence-electron chi connectivity index (χ1n) is 10.7. The maximum Gasteiger partial charge on any atom is 0.417 e. The molecule has 5 rings (SSSR count). The molecule has 0 aliphatic carbocycles. The minimum Gasteiger partial charge on any atom is -0.618 e. The van der Waals surface area contributed by atoms with Gasteiger partial charge in [0, 0.05) is 31.4 Å². The number of aromatic nitrogens is 2. The van der Waals surface area contributed by atoms with Crippen LogP contribution >= 0.6 is 11.6 Å². The van der Waals surface area contributed by atoms with Gasteiger partial charge in [-0.05, 0) is 36.1 Å². The molecule has 1 atom stereocenters. The average molecular weight is 526 g/mol. The summed E-state index contributed by atoms with van der Waals surface area (Å²) in [6, 6.07) is 12.1. The molecule has 0 saturated carbocycles. The molecule has 12 heteroatoms. The van der Waals surface area contributed by atoms with Crippen molar-refractivity contribution in [1.29, 1.82) is 0 Å². The van der Waals surface area contributed by atoms with Crippen molar-refractivity contribution in [3.05, 3.63) is 93.5 Å².